The van der Waals surface area contributed by atoms with E-state index in [-0.39, 0.29) is 6.10 Å². The van der Waals surface area contributed by atoms with Crippen LogP contribution in [0.2, 0.25) is 5.02 Å². The molecule has 2 aliphatic rings. The number of nitrogens with one attached hydrogen (secondary N) is 1. The van der Waals surface area contributed by atoms with Gasteiger partial charge in [-0.15, -0.1) is 0 Å². The summed E-state index contributed by atoms with van der Waals surface area (Å²) in [5.41, 5.74) is 1.06. The molecule has 1 aromatic rings. The van der Waals surface area contributed by atoms with Crippen LogP contribution in [-0.2, 0) is 15.3 Å². The van der Waals surface area contributed by atoms with E-state index in [1.807, 2.05) is 24.3 Å². The third-order valence-electron chi connectivity index (χ3n) is 4.37. The molecule has 0 radical (unpaired) electrons. The van der Waals surface area contributed by atoms with Crippen molar-refractivity contribution < 1.29 is 9.47 Å². The maximum absolute atomic E-state index is 6.34. The number of benzene rings is 1. The Kier molecular flexibility index (Phi) is 4.32. The van der Waals surface area contributed by atoms with E-state index in [4.69, 9.17) is 21.1 Å². The fourth-order valence-electron chi connectivity index (χ4n) is 3.17. The van der Waals surface area contributed by atoms with Crippen LogP contribution in [0.1, 0.15) is 38.2 Å². The van der Waals surface area contributed by atoms with E-state index in [2.05, 4.69) is 12.2 Å². The van der Waals surface area contributed by atoms with Gasteiger partial charge in [-0.1, -0.05) is 37.1 Å². The highest BCUT2D eigenvalue weighted by Gasteiger charge is 2.44. The molecule has 0 saturated carbocycles. The van der Waals surface area contributed by atoms with Crippen LogP contribution in [0.4, 0.5) is 0 Å². The molecule has 2 heterocycles. The lowest BCUT2D eigenvalue weighted by molar-refractivity contribution is -0.182. The summed E-state index contributed by atoms with van der Waals surface area (Å²) >= 11 is 5.97. The number of rotatable bonds is 3. The Hall–Kier alpha value is -0.610. The van der Waals surface area contributed by atoms with Crippen molar-refractivity contribution in [2.45, 2.75) is 50.5 Å². The smallest absolute Gasteiger partial charge is 0.195 e. The van der Waals surface area contributed by atoms with Crippen LogP contribution in [-0.4, -0.2) is 25.3 Å². The van der Waals surface area contributed by atoms with E-state index in [0.29, 0.717) is 12.6 Å². The van der Waals surface area contributed by atoms with E-state index in [0.717, 1.165) is 23.6 Å². The summed E-state index contributed by atoms with van der Waals surface area (Å²) in [6.07, 6.45) is 4.66. The summed E-state index contributed by atoms with van der Waals surface area (Å²) in [6, 6.07) is 8.22. The number of piperidine rings is 1. The fourth-order valence-corrected chi connectivity index (χ4v) is 3.29. The molecule has 3 nitrogen and oxygen atoms in total. The van der Waals surface area contributed by atoms with Crippen molar-refractivity contribution in [3.05, 3.63) is 34.9 Å². The maximum Gasteiger partial charge on any atom is 0.195 e. The van der Waals surface area contributed by atoms with Gasteiger partial charge >= 0.3 is 0 Å². The van der Waals surface area contributed by atoms with Gasteiger partial charge in [0.15, 0.2) is 5.79 Å². The standard InChI is InChI=1S/C16H22ClNO2/c1-2-16(12-6-8-13(17)9-7-12)19-11-15(20-16)14-5-3-4-10-18-14/h6-9,14-15,18H,2-5,10-11H2,1H3/t14-,15+,16-/m0/s1. The van der Waals surface area contributed by atoms with Gasteiger partial charge in [0.05, 0.1) is 6.61 Å². The van der Waals surface area contributed by atoms with Crippen LogP contribution in [0.25, 0.3) is 0 Å². The van der Waals surface area contributed by atoms with Gasteiger partial charge in [0.1, 0.15) is 6.10 Å². The molecule has 1 aromatic carbocycles. The van der Waals surface area contributed by atoms with Gasteiger partial charge in [0, 0.05) is 23.0 Å². The highest BCUT2D eigenvalue weighted by atomic mass is 35.5. The molecule has 4 heteroatoms. The zero-order valence-corrected chi connectivity index (χ0v) is 12.7. The van der Waals surface area contributed by atoms with Crippen molar-refractivity contribution in [1.29, 1.82) is 0 Å². The number of ether oxygens (including phenoxy) is 2. The van der Waals surface area contributed by atoms with E-state index in [1.54, 1.807) is 0 Å². The van der Waals surface area contributed by atoms with Crippen molar-refractivity contribution in [3.63, 3.8) is 0 Å². The topological polar surface area (TPSA) is 30.5 Å². The SMILES string of the molecule is CC[C@]1(c2ccc(Cl)cc2)OC[C@H]([C@@H]2CCCCN2)O1. The second-order valence-electron chi connectivity index (χ2n) is 5.64. The molecule has 110 valence electrons. The van der Waals surface area contributed by atoms with Crippen LogP contribution < -0.4 is 5.32 Å². The zero-order chi connectivity index (χ0) is 14.0. The van der Waals surface area contributed by atoms with Crippen molar-refractivity contribution in [3.8, 4) is 0 Å². The number of halogens is 1. The molecule has 20 heavy (non-hydrogen) atoms. The Balaban J connectivity index is 1.75. The van der Waals surface area contributed by atoms with Gasteiger partial charge in [0.25, 0.3) is 0 Å². The molecule has 1 N–H and O–H groups in total. The van der Waals surface area contributed by atoms with E-state index >= 15 is 0 Å². The molecule has 0 amide bonds. The fraction of sp³-hybridized carbons (Fsp3) is 0.625. The quantitative estimate of drug-likeness (QED) is 0.926. The van der Waals surface area contributed by atoms with Gasteiger partial charge in [-0.05, 0) is 31.5 Å². The third kappa shape index (κ3) is 2.73. The van der Waals surface area contributed by atoms with Gasteiger partial charge in [-0.3, -0.25) is 0 Å². The normalized spacial score (nSPS) is 34.3. The minimum Gasteiger partial charge on any atom is -0.343 e. The Morgan fingerprint density at radius 2 is 2.10 bits per heavy atom. The predicted molar refractivity (Wildman–Crippen MR) is 79.9 cm³/mol. The van der Waals surface area contributed by atoms with Crippen LogP contribution in [0.5, 0.6) is 0 Å². The Morgan fingerprint density at radius 3 is 2.75 bits per heavy atom. The second kappa shape index (κ2) is 6.02. The third-order valence-corrected chi connectivity index (χ3v) is 4.62. The zero-order valence-electron chi connectivity index (χ0n) is 11.9. The summed E-state index contributed by atoms with van der Waals surface area (Å²) < 4.78 is 12.4. The predicted octanol–water partition coefficient (Wildman–Crippen LogP) is 3.46. The first kappa shape index (κ1) is 14.3. The van der Waals surface area contributed by atoms with Crippen molar-refractivity contribution in [1.82, 2.24) is 5.32 Å². The monoisotopic (exact) mass is 295 g/mol. The van der Waals surface area contributed by atoms with Crippen molar-refractivity contribution >= 4 is 11.6 Å². The Labute approximate surface area is 125 Å². The average Bonchev–Trinajstić information content (AvgIpc) is 2.95. The molecular formula is C16H22ClNO2. The van der Waals surface area contributed by atoms with E-state index < -0.39 is 5.79 Å². The van der Waals surface area contributed by atoms with Crippen LogP contribution >= 0.6 is 11.6 Å². The molecule has 0 aromatic heterocycles. The lowest BCUT2D eigenvalue weighted by atomic mass is 10.00. The van der Waals surface area contributed by atoms with Crippen molar-refractivity contribution in [2.24, 2.45) is 0 Å². The van der Waals surface area contributed by atoms with E-state index in [9.17, 15) is 0 Å². The van der Waals surface area contributed by atoms with Crippen LogP contribution in [0.15, 0.2) is 24.3 Å². The van der Waals surface area contributed by atoms with Gasteiger partial charge < -0.3 is 14.8 Å². The molecular weight excluding hydrogens is 274 g/mol. The van der Waals surface area contributed by atoms with Gasteiger partial charge in [0.2, 0.25) is 0 Å². The molecule has 0 unspecified atom stereocenters. The first-order valence-corrected chi connectivity index (χ1v) is 7.92. The van der Waals surface area contributed by atoms with Crippen LogP contribution in [0, 0.1) is 0 Å². The lowest BCUT2D eigenvalue weighted by Crippen LogP contribution is -2.45. The van der Waals surface area contributed by atoms with Crippen molar-refractivity contribution in [2.75, 3.05) is 13.2 Å². The maximum atomic E-state index is 6.34. The summed E-state index contributed by atoms with van der Waals surface area (Å²) in [6.45, 7) is 3.85. The van der Waals surface area contributed by atoms with Crippen LogP contribution in [0.3, 0.4) is 0 Å². The number of hydrogen-bond acceptors (Lipinski definition) is 3. The highest BCUT2D eigenvalue weighted by Crippen LogP contribution is 2.39. The molecule has 0 bridgehead atoms. The second-order valence-corrected chi connectivity index (χ2v) is 6.07. The highest BCUT2D eigenvalue weighted by molar-refractivity contribution is 6.30. The van der Waals surface area contributed by atoms with Gasteiger partial charge in [-0.2, -0.15) is 0 Å². The van der Waals surface area contributed by atoms with Gasteiger partial charge in [-0.25, -0.2) is 0 Å². The molecule has 2 fully saturated rings. The summed E-state index contributed by atoms with van der Waals surface area (Å²) in [5, 5.41) is 4.30. The molecule has 0 spiro atoms. The Morgan fingerprint density at radius 1 is 1.30 bits per heavy atom. The summed E-state index contributed by atoms with van der Waals surface area (Å²) in [5.74, 6) is -0.603. The number of hydrogen-bond donors (Lipinski definition) is 1. The first-order valence-electron chi connectivity index (χ1n) is 7.55. The molecule has 3 atom stereocenters. The molecule has 2 saturated heterocycles. The molecule has 3 rings (SSSR count). The minimum absolute atomic E-state index is 0.144. The average molecular weight is 296 g/mol. The largest absolute Gasteiger partial charge is 0.343 e. The first-order chi connectivity index (χ1) is 9.73. The Bertz CT molecular complexity index is 444. The summed E-state index contributed by atoms with van der Waals surface area (Å²) in [4.78, 5) is 0. The lowest BCUT2D eigenvalue weighted by Gasteiger charge is -2.31. The molecule has 0 aliphatic carbocycles. The summed E-state index contributed by atoms with van der Waals surface area (Å²) in [7, 11) is 0. The molecule has 2 aliphatic heterocycles. The van der Waals surface area contributed by atoms with E-state index in [1.165, 1.54) is 19.3 Å². The minimum atomic E-state index is -0.603.